The first-order valence-electron chi connectivity index (χ1n) is 6.35. The van der Waals surface area contributed by atoms with E-state index in [1.165, 1.54) is 11.1 Å². The molecule has 0 atom stereocenters. The van der Waals surface area contributed by atoms with Gasteiger partial charge in [-0.1, -0.05) is 24.3 Å². The highest BCUT2D eigenvalue weighted by Crippen LogP contribution is 2.14. The minimum Gasteiger partial charge on any atom is -0.333 e. The molecular weight excluding hydrogens is 224 g/mol. The van der Waals surface area contributed by atoms with E-state index in [1.807, 2.05) is 6.20 Å². The molecule has 1 aromatic heterocycles. The molecule has 2 heterocycles. The Hall–Kier alpha value is -1.65. The molecule has 1 aliphatic rings. The van der Waals surface area contributed by atoms with Crippen molar-refractivity contribution in [3.63, 3.8) is 0 Å². The Bertz CT molecular complexity index is 532. The molecule has 1 aliphatic heterocycles. The van der Waals surface area contributed by atoms with Gasteiger partial charge in [-0.25, -0.2) is 4.98 Å². The van der Waals surface area contributed by atoms with Crippen molar-refractivity contribution in [2.45, 2.75) is 26.2 Å². The lowest BCUT2D eigenvalue weighted by Gasteiger charge is -2.27. The van der Waals surface area contributed by atoms with Crippen LogP contribution in [0, 0.1) is 0 Å². The average molecular weight is 242 g/mol. The standard InChI is InChI=1S/C14H18N4/c15-9-12-2-1-3-13(8-12)10-17-6-7-18-5-4-16-14(18)11-17/h1-5,8H,6-7,9-11,15H2. The predicted octanol–water partition coefficient (Wildman–Crippen LogP) is 1.36. The van der Waals surface area contributed by atoms with Crippen LogP contribution in [0.4, 0.5) is 0 Å². The number of imidazole rings is 1. The summed E-state index contributed by atoms with van der Waals surface area (Å²) in [6, 6.07) is 8.52. The lowest BCUT2D eigenvalue weighted by atomic mass is 10.1. The molecule has 1 aromatic carbocycles. The Morgan fingerprint density at radius 2 is 2.11 bits per heavy atom. The third-order valence-electron chi connectivity index (χ3n) is 3.46. The number of nitrogens with zero attached hydrogens (tertiary/aromatic N) is 3. The second kappa shape index (κ2) is 4.92. The smallest absolute Gasteiger partial charge is 0.122 e. The van der Waals surface area contributed by atoms with Crippen molar-refractivity contribution in [1.29, 1.82) is 0 Å². The highest BCUT2D eigenvalue weighted by atomic mass is 15.2. The summed E-state index contributed by atoms with van der Waals surface area (Å²) in [7, 11) is 0. The average Bonchev–Trinajstić information content (AvgIpc) is 2.86. The van der Waals surface area contributed by atoms with Gasteiger partial charge in [-0.2, -0.15) is 0 Å². The predicted molar refractivity (Wildman–Crippen MR) is 70.7 cm³/mol. The molecule has 0 saturated carbocycles. The van der Waals surface area contributed by atoms with Crippen LogP contribution < -0.4 is 5.73 Å². The van der Waals surface area contributed by atoms with Crippen molar-refractivity contribution in [2.24, 2.45) is 5.73 Å². The molecular formula is C14H18N4. The van der Waals surface area contributed by atoms with E-state index in [4.69, 9.17) is 5.73 Å². The summed E-state index contributed by atoms with van der Waals surface area (Å²) in [5, 5.41) is 0. The molecule has 0 radical (unpaired) electrons. The Morgan fingerprint density at radius 1 is 1.22 bits per heavy atom. The SMILES string of the molecule is NCc1cccc(CN2CCn3ccnc3C2)c1. The fraction of sp³-hybridized carbons (Fsp3) is 0.357. The van der Waals surface area contributed by atoms with E-state index >= 15 is 0 Å². The number of aromatic nitrogens is 2. The number of benzene rings is 1. The van der Waals surface area contributed by atoms with E-state index in [0.29, 0.717) is 6.54 Å². The molecule has 0 aliphatic carbocycles. The maximum atomic E-state index is 5.67. The van der Waals surface area contributed by atoms with Crippen LogP contribution >= 0.6 is 0 Å². The van der Waals surface area contributed by atoms with Gasteiger partial charge in [-0.15, -0.1) is 0 Å². The number of rotatable bonds is 3. The van der Waals surface area contributed by atoms with E-state index in [1.54, 1.807) is 0 Å². The third kappa shape index (κ3) is 2.30. The van der Waals surface area contributed by atoms with E-state index in [0.717, 1.165) is 32.0 Å². The zero-order valence-electron chi connectivity index (χ0n) is 10.4. The first-order chi connectivity index (χ1) is 8.85. The number of fused-ring (bicyclic) bond motifs is 1. The van der Waals surface area contributed by atoms with Crippen molar-refractivity contribution in [3.05, 3.63) is 53.6 Å². The molecule has 0 saturated heterocycles. The first kappa shape index (κ1) is 11.4. The number of hydrogen-bond donors (Lipinski definition) is 1. The van der Waals surface area contributed by atoms with E-state index in [9.17, 15) is 0 Å². The first-order valence-corrected chi connectivity index (χ1v) is 6.35. The summed E-state index contributed by atoms with van der Waals surface area (Å²) in [5.41, 5.74) is 8.21. The van der Waals surface area contributed by atoms with Crippen LogP contribution in [-0.4, -0.2) is 21.0 Å². The molecule has 3 rings (SSSR count). The molecule has 4 heteroatoms. The monoisotopic (exact) mass is 242 g/mol. The van der Waals surface area contributed by atoms with Gasteiger partial charge in [0.05, 0.1) is 6.54 Å². The summed E-state index contributed by atoms with van der Waals surface area (Å²) < 4.78 is 2.23. The van der Waals surface area contributed by atoms with E-state index < -0.39 is 0 Å². The normalized spacial score (nSPS) is 15.6. The Morgan fingerprint density at radius 3 is 3.00 bits per heavy atom. The van der Waals surface area contributed by atoms with Crippen LogP contribution in [0.3, 0.4) is 0 Å². The summed E-state index contributed by atoms with van der Waals surface area (Å²) in [4.78, 5) is 6.81. The van der Waals surface area contributed by atoms with Gasteiger partial charge in [0.1, 0.15) is 5.82 Å². The highest BCUT2D eigenvalue weighted by molar-refractivity contribution is 5.23. The molecule has 0 spiro atoms. The van der Waals surface area contributed by atoms with Gasteiger partial charge in [-0.05, 0) is 11.1 Å². The van der Waals surface area contributed by atoms with Gasteiger partial charge in [0.2, 0.25) is 0 Å². The molecule has 18 heavy (non-hydrogen) atoms. The highest BCUT2D eigenvalue weighted by Gasteiger charge is 2.16. The molecule has 0 unspecified atom stereocenters. The topological polar surface area (TPSA) is 47.1 Å². The minimum atomic E-state index is 0.609. The van der Waals surface area contributed by atoms with Crippen LogP contribution in [0.2, 0.25) is 0 Å². The van der Waals surface area contributed by atoms with Crippen LogP contribution in [0.25, 0.3) is 0 Å². The van der Waals surface area contributed by atoms with Crippen molar-refractivity contribution in [2.75, 3.05) is 6.54 Å². The molecule has 2 aromatic rings. The molecule has 94 valence electrons. The summed E-state index contributed by atoms with van der Waals surface area (Å²) in [6.07, 6.45) is 3.94. The van der Waals surface area contributed by atoms with Crippen molar-refractivity contribution in [3.8, 4) is 0 Å². The minimum absolute atomic E-state index is 0.609. The van der Waals surface area contributed by atoms with Gasteiger partial charge in [0, 0.05) is 38.6 Å². The molecule has 0 amide bonds. The summed E-state index contributed by atoms with van der Waals surface area (Å²) >= 11 is 0. The van der Waals surface area contributed by atoms with Gasteiger partial charge >= 0.3 is 0 Å². The largest absolute Gasteiger partial charge is 0.333 e. The summed E-state index contributed by atoms with van der Waals surface area (Å²) in [5.74, 6) is 1.16. The second-order valence-electron chi connectivity index (χ2n) is 4.77. The zero-order valence-corrected chi connectivity index (χ0v) is 10.4. The van der Waals surface area contributed by atoms with Crippen LogP contribution in [0.1, 0.15) is 17.0 Å². The fourth-order valence-corrected chi connectivity index (χ4v) is 2.47. The summed E-state index contributed by atoms with van der Waals surface area (Å²) in [6.45, 7) is 4.63. The molecule has 2 N–H and O–H groups in total. The van der Waals surface area contributed by atoms with Crippen molar-refractivity contribution in [1.82, 2.24) is 14.5 Å². The van der Waals surface area contributed by atoms with Gasteiger partial charge in [-0.3, -0.25) is 4.90 Å². The number of nitrogens with two attached hydrogens (primary N) is 1. The van der Waals surface area contributed by atoms with Crippen molar-refractivity contribution >= 4 is 0 Å². The third-order valence-corrected chi connectivity index (χ3v) is 3.46. The lowest BCUT2D eigenvalue weighted by Crippen LogP contribution is -2.33. The molecule has 0 bridgehead atoms. The maximum Gasteiger partial charge on any atom is 0.122 e. The van der Waals surface area contributed by atoms with E-state index in [-0.39, 0.29) is 0 Å². The quantitative estimate of drug-likeness (QED) is 0.884. The van der Waals surface area contributed by atoms with Crippen LogP contribution in [0.5, 0.6) is 0 Å². The van der Waals surface area contributed by atoms with Gasteiger partial charge in [0.25, 0.3) is 0 Å². The fourth-order valence-electron chi connectivity index (χ4n) is 2.47. The van der Waals surface area contributed by atoms with Crippen LogP contribution in [-0.2, 0) is 26.2 Å². The van der Waals surface area contributed by atoms with Gasteiger partial charge < -0.3 is 10.3 Å². The van der Waals surface area contributed by atoms with Gasteiger partial charge in [0.15, 0.2) is 0 Å². The Labute approximate surface area is 107 Å². The molecule has 4 nitrogen and oxygen atoms in total. The van der Waals surface area contributed by atoms with E-state index in [2.05, 4.69) is 44.9 Å². The van der Waals surface area contributed by atoms with Crippen LogP contribution in [0.15, 0.2) is 36.7 Å². The lowest BCUT2D eigenvalue weighted by molar-refractivity contribution is 0.209. The molecule has 0 fully saturated rings. The Kier molecular flexibility index (Phi) is 3.13. The van der Waals surface area contributed by atoms with Crippen molar-refractivity contribution < 1.29 is 0 Å². The maximum absolute atomic E-state index is 5.67. The Balaban J connectivity index is 1.70. The second-order valence-corrected chi connectivity index (χ2v) is 4.77. The number of hydrogen-bond acceptors (Lipinski definition) is 3. The zero-order chi connectivity index (χ0) is 12.4.